The van der Waals surface area contributed by atoms with Crippen LogP contribution in [0.5, 0.6) is 0 Å². The lowest BCUT2D eigenvalue weighted by Gasteiger charge is -2.19. The molecule has 2 aromatic heterocycles. The summed E-state index contributed by atoms with van der Waals surface area (Å²) in [5.41, 5.74) is -0.770. The third kappa shape index (κ3) is 4.09. The topological polar surface area (TPSA) is 104 Å². The molecule has 26 heavy (non-hydrogen) atoms. The summed E-state index contributed by atoms with van der Waals surface area (Å²) < 4.78 is 6.47. The van der Waals surface area contributed by atoms with Crippen molar-refractivity contribution in [3.8, 4) is 0 Å². The Balaban J connectivity index is 2.42. The molecule has 0 aliphatic rings. The van der Waals surface area contributed by atoms with Crippen molar-refractivity contribution < 1.29 is 19.1 Å². The molecule has 0 radical (unpaired) electrons. The molecule has 0 atom stereocenters. The average Bonchev–Trinajstić information content (AvgIpc) is 2.91. The number of ether oxygens (including phenoxy) is 1. The van der Waals surface area contributed by atoms with E-state index in [1.165, 1.54) is 10.9 Å². The van der Waals surface area contributed by atoms with Crippen LogP contribution in [0, 0.1) is 10.8 Å². The highest BCUT2D eigenvalue weighted by Gasteiger charge is 2.29. The summed E-state index contributed by atoms with van der Waals surface area (Å²) in [5.74, 6) is -0.657. The Morgan fingerprint density at radius 3 is 2.35 bits per heavy atom. The molecule has 8 nitrogen and oxygen atoms in total. The minimum atomic E-state index is -0.734. The first-order valence-electron chi connectivity index (χ1n) is 8.00. The molecule has 140 valence electrons. The van der Waals surface area contributed by atoms with E-state index in [1.807, 2.05) is 0 Å². The van der Waals surface area contributed by atoms with Crippen molar-refractivity contribution in [2.24, 2.45) is 10.8 Å². The van der Waals surface area contributed by atoms with E-state index in [9.17, 15) is 14.4 Å². The zero-order chi connectivity index (χ0) is 19.7. The number of hydrogen-bond acceptors (Lipinski definition) is 8. The Bertz CT molecular complexity index is 862. The van der Waals surface area contributed by atoms with Gasteiger partial charge < -0.3 is 4.74 Å². The van der Waals surface area contributed by atoms with Gasteiger partial charge in [-0.05, 0) is 20.8 Å². The van der Waals surface area contributed by atoms with Crippen molar-refractivity contribution in [1.82, 2.24) is 19.5 Å². The van der Waals surface area contributed by atoms with Crippen LogP contribution in [0.25, 0.3) is 11.2 Å². The number of imidazole rings is 1. The van der Waals surface area contributed by atoms with Gasteiger partial charge in [0, 0.05) is 5.41 Å². The van der Waals surface area contributed by atoms with Gasteiger partial charge in [-0.2, -0.15) is 0 Å². The van der Waals surface area contributed by atoms with Crippen LogP contribution in [-0.4, -0.2) is 43.6 Å². The first-order chi connectivity index (χ1) is 12.0. The molecule has 2 heterocycles. The van der Waals surface area contributed by atoms with E-state index in [1.54, 1.807) is 41.5 Å². The standard InChI is InChI=1S/C17H22N4O4S/c1-16(2,3)14(23)21-10(7-22)20-12-11(21)13(19-8-18-12)26-9-25-15(24)17(4,5)6/h7-8H,9H2,1-6H3. The average molecular weight is 378 g/mol. The maximum atomic E-state index is 12.8. The Hall–Kier alpha value is -2.29. The number of aromatic nitrogens is 4. The van der Waals surface area contributed by atoms with Crippen molar-refractivity contribution >= 4 is 41.1 Å². The van der Waals surface area contributed by atoms with Crippen LogP contribution in [0.3, 0.4) is 0 Å². The molecular weight excluding hydrogens is 356 g/mol. The van der Waals surface area contributed by atoms with Gasteiger partial charge in [-0.1, -0.05) is 32.5 Å². The van der Waals surface area contributed by atoms with Crippen molar-refractivity contribution in [3.05, 3.63) is 12.2 Å². The fraction of sp³-hybridized carbons (Fsp3) is 0.529. The van der Waals surface area contributed by atoms with E-state index < -0.39 is 10.8 Å². The number of hydrogen-bond donors (Lipinski definition) is 0. The molecule has 0 N–H and O–H groups in total. The second-order valence-corrected chi connectivity index (χ2v) is 8.68. The number of carbonyl (C=O) groups is 3. The molecule has 0 fully saturated rings. The normalized spacial score (nSPS) is 12.2. The lowest BCUT2D eigenvalue weighted by Crippen LogP contribution is -2.28. The molecular formula is C17H22N4O4S. The number of rotatable bonds is 4. The van der Waals surface area contributed by atoms with Gasteiger partial charge in [0.15, 0.2) is 17.8 Å². The number of aldehydes is 1. The number of esters is 1. The maximum Gasteiger partial charge on any atom is 0.312 e. The molecule has 0 aromatic carbocycles. The summed E-state index contributed by atoms with van der Waals surface area (Å²) in [6.07, 6.45) is 1.81. The van der Waals surface area contributed by atoms with Gasteiger partial charge in [-0.25, -0.2) is 15.0 Å². The Morgan fingerprint density at radius 1 is 1.15 bits per heavy atom. The molecule has 0 amide bonds. The first kappa shape index (κ1) is 20.0. The zero-order valence-electron chi connectivity index (χ0n) is 15.7. The minimum Gasteiger partial charge on any atom is -0.454 e. The second kappa shape index (κ2) is 7.14. The van der Waals surface area contributed by atoms with Crippen LogP contribution in [0.15, 0.2) is 11.4 Å². The van der Waals surface area contributed by atoms with Gasteiger partial charge in [-0.3, -0.25) is 19.0 Å². The highest BCUT2D eigenvalue weighted by molar-refractivity contribution is 7.99. The summed E-state index contributed by atoms with van der Waals surface area (Å²) >= 11 is 1.14. The number of nitrogens with zero attached hydrogens (tertiary/aromatic N) is 4. The fourth-order valence-electron chi connectivity index (χ4n) is 1.99. The van der Waals surface area contributed by atoms with Crippen LogP contribution >= 0.6 is 11.8 Å². The molecule has 0 aliphatic carbocycles. The largest absolute Gasteiger partial charge is 0.454 e. The first-order valence-corrected chi connectivity index (χ1v) is 8.99. The summed E-state index contributed by atoms with van der Waals surface area (Å²) in [6, 6.07) is 0. The fourth-order valence-corrected chi connectivity index (χ4v) is 2.70. The molecule has 0 saturated heterocycles. The molecule has 0 unspecified atom stereocenters. The van der Waals surface area contributed by atoms with Crippen LogP contribution in [-0.2, 0) is 9.53 Å². The molecule has 0 spiro atoms. The highest BCUT2D eigenvalue weighted by Crippen LogP contribution is 2.29. The van der Waals surface area contributed by atoms with Gasteiger partial charge >= 0.3 is 5.97 Å². The zero-order valence-corrected chi connectivity index (χ0v) is 16.5. The molecule has 2 rings (SSSR count). The molecule has 2 aromatic rings. The van der Waals surface area contributed by atoms with Crippen molar-refractivity contribution in [1.29, 1.82) is 0 Å². The molecule has 0 aliphatic heterocycles. The van der Waals surface area contributed by atoms with E-state index in [4.69, 9.17) is 4.74 Å². The summed E-state index contributed by atoms with van der Waals surface area (Å²) in [4.78, 5) is 48.4. The molecule has 9 heteroatoms. The number of carbonyl (C=O) groups excluding carboxylic acids is 3. The summed E-state index contributed by atoms with van der Waals surface area (Å²) in [5, 5.41) is 0.412. The second-order valence-electron chi connectivity index (χ2n) is 7.77. The van der Waals surface area contributed by atoms with E-state index in [2.05, 4.69) is 15.0 Å². The summed E-state index contributed by atoms with van der Waals surface area (Å²) in [7, 11) is 0. The van der Waals surface area contributed by atoms with E-state index >= 15 is 0 Å². The SMILES string of the molecule is CC(C)(C)C(=O)OCSc1ncnc2nc(C=O)n(C(=O)C(C)(C)C)c12. The van der Waals surface area contributed by atoms with Gasteiger partial charge in [0.25, 0.3) is 0 Å². The Kier molecular flexibility index (Phi) is 5.50. The Labute approximate surface area is 155 Å². The quantitative estimate of drug-likeness (QED) is 0.263. The molecule has 0 bridgehead atoms. The third-order valence-corrected chi connectivity index (χ3v) is 4.20. The molecule has 0 saturated carbocycles. The summed E-state index contributed by atoms with van der Waals surface area (Å²) in [6.45, 7) is 10.5. The predicted molar refractivity (Wildman–Crippen MR) is 97.1 cm³/mol. The van der Waals surface area contributed by atoms with Crippen LogP contribution in [0.4, 0.5) is 0 Å². The van der Waals surface area contributed by atoms with E-state index in [0.29, 0.717) is 16.8 Å². The van der Waals surface area contributed by atoms with E-state index in [-0.39, 0.29) is 29.3 Å². The Morgan fingerprint density at radius 2 is 1.81 bits per heavy atom. The lowest BCUT2D eigenvalue weighted by atomic mass is 9.95. The minimum absolute atomic E-state index is 0.0214. The van der Waals surface area contributed by atoms with Gasteiger partial charge in [0.05, 0.1) is 5.41 Å². The van der Waals surface area contributed by atoms with Crippen molar-refractivity contribution in [2.45, 2.75) is 46.6 Å². The predicted octanol–water partition coefficient (Wildman–Crippen LogP) is 2.96. The number of thioether (sulfide) groups is 1. The number of fused-ring (bicyclic) bond motifs is 1. The van der Waals surface area contributed by atoms with Crippen LogP contribution in [0.1, 0.15) is 57.0 Å². The smallest absolute Gasteiger partial charge is 0.312 e. The van der Waals surface area contributed by atoms with Crippen molar-refractivity contribution in [3.63, 3.8) is 0 Å². The van der Waals surface area contributed by atoms with Gasteiger partial charge in [0.2, 0.25) is 5.91 Å². The highest BCUT2D eigenvalue weighted by atomic mass is 32.2. The maximum absolute atomic E-state index is 12.8. The van der Waals surface area contributed by atoms with Crippen molar-refractivity contribution in [2.75, 3.05) is 5.94 Å². The lowest BCUT2D eigenvalue weighted by molar-refractivity contribution is -0.150. The van der Waals surface area contributed by atoms with Gasteiger partial charge in [-0.15, -0.1) is 0 Å². The van der Waals surface area contributed by atoms with E-state index in [0.717, 1.165) is 11.8 Å². The third-order valence-electron chi connectivity index (χ3n) is 3.39. The monoisotopic (exact) mass is 378 g/mol. The van der Waals surface area contributed by atoms with Crippen LogP contribution in [0.2, 0.25) is 0 Å². The van der Waals surface area contributed by atoms with Gasteiger partial charge in [0.1, 0.15) is 22.8 Å². The van der Waals surface area contributed by atoms with Crippen LogP contribution < -0.4 is 0 Å².